The average molecular weight is 608 g/mol. The minimum atomic E-state index is -1.01. The van der Waals surface area contributed by atoms with E-state index in [4.69, 9.17) is 44.4 Å². The number of ether oxygens (including phenoxy) is 1. The summed E-state index contributed by atoms with van der Waals surface area (Å²) in [5.74, 6) is -1.52. The quantitative estimate of drug-likeness (QED) is 0.232. The molecule has 2 aromatic carbocycles. The van der Waals surface area contributed by atoms with Crippen LogP contribution in [-0.2, 0) is 38.6 Å². The molecule has 0 bridgehead atoms. The first kappa shape index (κ1) is 28.4. The van der Waals surface area contributed by atoms with E-state index in [-0.39, 0.29) is 11.8 Å². The van der Waals surface area contributed by atoms with Crippen molar-refractivity contribution < 1.29 is 19.2 Å². The van der Waals surface area contributed by atoms with E-state index in [9.17, 15) is 9.59 Å². The Bertz CT molecular complexity index is 1390. The molecule has 2 amide bonds. The summed E-state index contributed by atoms with van der Waals surface area (Å²) < 4.78 is 5.81. The first-order valence-electron chi connectivity index (χ1n) is 13.1. The summed E-state index contributed by atoms with van der Waals surface area (Å²) in [5.41, 5.74) is 3.39. The fraction of sp³-hybridized carbons (Fsp3) is 0.379. The predicted molar refractivity (Wildman–Crippen MR) is 157 cm³/mol. The highest BCUT2D eigenvalue weighted by atomic mass is 35.5. The van der Waals surface area contributed by atoms with Crippen molar-refractivity contribution in [3.63, 3.8) is 0 Å². The Hall–Kier alpha value is -2.13. The molecule has 0 aliphatic carbocycles. The zero-order chi connectivity index (χ0) is 27.8. The Morgan fingerprint density at radius 1 is 0.949 bits per heavy atom. The molecule has 3 heterocycles. The number of fused-ring (bicyclic) bond motifs is 1. The second-order valence-electron chi connectivity index (χ2n) is 9.50. The van der Waals surface area contributed by atoms with Gasteiger partial charge in [-0.05, 0) is 67.3 Å². The summed E-state index contributed by atoms with van der Waals surface area (Å²) in [6.07, 6.45) is 1.61. The maximum Gasteiger partial charge on any atom is 0.267 e. The molecule has 6 nitrogen and oxygen atoms in total. The fourth-order valence-electron chi connectivity index (χ4n) is 5.38. The van der Waals surface area contributed by atoms with Gasteiger partial charge in [-0.25, -0.2) is 9.96 Å². The third kappa shape index (κ3) is 5.09. The number of rotatable bonds is 9. The summed E-state index contributed by atoms with van der Waals surface area (Å²) in [6.45, 7) is 7.02. The maximum absolute atomic E-state index is 14.3. The number of hydroxylamine groups is 1. The SMILES string of the molecule is CCCc1c(CC)sc(N2C(=O)C3ON(c4ccc(Cl)cc4)C(c4ccc(Cl)cc4Cl)C3C2=O)c1COCC. The van der Waals surface area contributed by atoms with Gasteiger partial charge in [-0.2, -0.15) is 0 Å². The number of anilines is 2. The Labute approximate surface area is 247 Å². The average Bonchev–Trinajstić information content (AvgIpc) is 3.54. The number of benzene rings is 2. The second kappa shape index (κ2) is 11.8. The molecule has 2 fully saturated rings. The van der Waals surface area contributed by atoms with E-state index in [0.717, 1.165) is 24.8 Å². The predicted octanol–water partition coefficient (Wildman–Crippen LogP) is 7.81. The van der Waals surface area contributed by atoms with Crippen molar-refractivity contribution in [1.29, 1.82) is 0 Å². The summed E-state index contributed by atoms with van der Waals surface area (Å²) in [4.78, 5) is 37.0. The van der Waals surface area contributed by atoms with E-state index >= 15 is 0 Å². The van der Waals surface area contributed by atoms with Gasteiger partial charge in [0, 0.05) is 32.1 Å². The number of aryl methyl sites for hydroxylation is 1. The molecule has 0 saturated carbocycles. The highest BCUT2D eigenvalue weighted by Gasteiger charge is 2.61. The van der Waals surface area contributed by atoms with Gasteiger partial charge in [-0.3, -0.25) is 14.4 Å². The number of carbonyl (C=O) groups is 2. The van der Waals surface area contributed by atoms with Gasteiger partial charge in [0.15, 0.2) is 6.10 Å². The van der Waals surface area contributed by atoms with Crippen LogP contribution in [0.2, 0.25) is 15.1 Å². The van der Waals surface area contributed by atoms with Gasteiger partial charge >= 0.3 is 0 Å². The fourth-order valence-corrected chi connectivity index (χ4v) is 7.33. The van der Waals surface area contributed by atoms with E-state index in [2.05, 4.69) is 13.8 Å². The summed E-state index contributed by atoms with van der Waals surface area (Å²) in [6, 6.07) is 11.5. The van der Waals surface area contributed by atoms with E-state index in [1.807, 2.05) is 6.92 Å². The second-order valence-corrected chi connectivity index (χ2v) is 11.9. The van der Waals surface area contributed by atoms with Crippen LogP contribution in [0.15, 0.2) is 42.5 Å². The normalized spacial score (nSPS) is 20.8. The Balaban J connectivity index is 1.61. The zero-order valence-corrected chi connectivity index (χ0v) is 25.0. The first-order chi connectivity index (χ1) is 18.8. The van der Waals surface area contributed by atoms with Gasteiger partial charge in [-0.1, -0.05) is 61.1 Å². The largest absolute Gasteiger partial charge is 0.377 e. The van der Waals surface area contributed by atoms with Gasteiger partial charge < -0.3 is 4.74 Å². The number of hydrogen-bond donors (Lipinski definition) is 0. The third-order valence-electron chi connectivity index (χ3n) is 7.13. The number of carbonyl (C=O) groups excluding carboxylic acids is 2. The zero-order valence-electron chi connectivity index (χ0n) is 21.9. The monoisotopic (exact) mass is 606 g/mol. The molecular formula is C29H29Cl3N2O4S. The van der Waals surface area contributed by atoms with Crippen LogP contribution in [-0.4, -0.2) is 24.5 Å². The number of halogens is 3. The van der Waals surface area contributed by atoms with Crippen molar-refractivity contribution >= 4 is 68.6 Å². The Morgan fingerprint density at radius 2 is 1.67 bits per heavy atom. The molecule has 0 radical (unpaired) electrons. The summed E-state index contributed by atoms with van der Waals surface area (Å²) >= 11 is 20.5. The van der Waals surface area contributed by atoms with Crippen LogP contribution in [0.4, 0.5) is 10.7 Å². The third-order valence-corrected chi connectivity index (χ3v) is 9.35. The molecular weight excluding hydrogens is 579 g/mol. The lowest BCUT2D eigenvalue weighted by Crippen LogP contribution is -2.37. The topological polar surface area (TPSA) is 59.1 Å². The van der Waals surface area contributed by atoms with Crippen molar-refractivity contribution in [2.45, 2.75) is 58.8 Å². The Morgan fingerprint density at radius 3 is 2.31 bits per heavy atom. The van der Waals surface area contributed by atoms with Crippen molar-refractivity contribution in [1.82, 2.24) is 0 Å². The van der Waals surface area contributed by atoms with Crippen LogP contribution < -0.4 is 9.96 Å². The van der Waals surface area contributed by atoms with Crippen LogP contribution >= 0.6 is 46.1 Å². The van der Waals surface area contributed by atoms with Gasteiger partial charge in [0.1, 0.15) is 10.9 Å². The number of nitrogens with zero attached hydrogens (tertiary/aromatic N) is 2. The molecule has 1 aromatic heterocycles. The maximum atomic E-state index is 14.3. The molecule has 3 unspecified atom stereocenters. The van der Waals surface area contributed by atoms with Gasteiger partial charge in [0.05, 0.1) is 18.3 Å². The smallest absolute Gasteiger partial charge is 0.267 e. The van der Waals surface area contributed by atoms with Gasteiger partial charge in [0.25, 0.3) is 5.91 Å². The van der Waals surface area contributed by atoms with Crippen molar-refractivity contribution in [3.05, 3.63) is 79.1 Å². The van der Waals surface area contributed by atoms with Crippen molar-refractivity contribution in [3.8, 4) is 0 Å². The van der Waals surface area contributed by atoms with Crippen LogP contribution in [0.3, 0.4) is 0 Å². The van der Waals surface area contributed by atoms with Crippen molar-refractivity contribution in [2.24, 2.45) is 5.92 Å². The number of imide groups is 1. The molecule has 206 valence electrons. The summed E-state index contributed by atoms with van der Waals surface area (Å²) in [7, 11) is 0. The highest BCUT2D eigenvalue weighted by Crippen LogP contribution is 2.51. The van der Waals surface area contributed by atoms with E-state index in [1.165, 1.54) is 26.7 Å². The standard InChI is InChI=1S/C29H29Cl3N2O4S/c1-4-7-19-21(15-37-6-3)29(39-23(19)5-2)33-27(35)24-25(20-13-10-17(31)14-22(20)32)34(38-26(24)28(33)36)18-11-8-16(30)9-12-18/h8-14,24-26H,4-7,15H2,1-3H3. The molecule has 0 spiro atoms. The molecule has 5 rings (SSSR count). The lowest BCUT2D eigenvalue weighted by Gasteiger charge is -2.29. The molecule has 10 heteroatoms. The lowest BCUT2D eigenvalue weighted by atomic mass is 9.90. The minimum absolute atomic E-state index is 0.317. The van der Waals surface area contributed by atoms with Crippen LogP contribution in [0.25, 0.3) is 0 Å². The van der Waals surface area contributed by atoms with E-state index < -0.39 is 18.1 Å². The van der Waals surface area contributed by atoms with Crippen LogP contribution in [0.1, 0.15) is 54.8 Å². The summed E-state index contributed by atoms with van der Waals surface area (Å²) in [5, 5.41) is 3.66. The van der Waals surface area contributed by atoms with E-state index in [0.29, 0.717) is 44.5 Å². The minimum Gasteiger partial charge on any atom is -0.377 e. The van der Waals surface area contributed by atoms with Crippen LogP contribution in [0, 0.1) is 5.92 Å². The molecule has 39 heavy (non-hydrogen) atoms. The molecule has 3 atom stereocenters. The molecule has 3 aromatic rings. The highest BCUT2D eigenvalue weighted by molar-refractivity contribution is 7.17. The lowest BCUT2D eigenvalue weighted by molar-refractivity contribution is -0.126. The number of hydrogen-bond acceptors (Lipinski definition) is 6. The Kier molecular flexibility index (Phi) is 8.57. The van der Waals surface area contributed by atoms with Crippen LogP contribution in [0.5, 0.6) is 0 Å². The first-order valence-corrected chi connectivity index (χ1v) is 15.0. The van der Waals surface area contributed by atoms with Gasteiger partial charge in [-0.15, -0.1) is 11.3 Å². The molecule has 2 aliphatic rings. The van der Waals surface area contributed by atoms with E-state index in [1.54, 1.807) is 47.5 Å². The number of amides is 2. The van der Waals surface area contributed by atoms with Gasteiger partial charge in [0.2, 0.25) is 5.91 Å². The van der Waals surface area contributed by atoms with Crippen molar-refractivity contribution in [2.75, 3.05) is 16.6 Å². The molecule has 0 N–H and O–H groups in total. The molecule has 2 aliphatic heterocycles. The molecule has 2 saturated heterocycles. The number of thiophene rings is 1.